The van der Waals surface area contributed by atoms with Crippen LogP contribution in [0.3, 0.4) is 0 Å². The third-order valence-corrected chi connectivity index (χ3v) is 5.91. The summed E-state index contributed by atoms with van der Waals surface area (Å²) in [6.07, 6.45) is 0.897. The Kier molecular flexibility index (Phi) is 5.67. The second kappa shape index (κ2) is 8.94. The summed E-state index contributed by atoms with van der Waals surface area (Å²) in [6, 6.07) is 21.4. The summed E-state index contributed by atoms with van der Waals surface area (Å²) in [7, 11) is 0. The van der Waals surface area contributed by atoms with Gasteiger partial charge in [-0.15, -0.1) is 0 Å². The van der Waals surface area contributed by atoms with E-state index in [0.29, 0.717) is 53.0 Å². The minimum absolute atomic E-state index is 0.162. The van der Waals surface area contributed by atoms with E-state index < -0.39 is 0 Å². The van der Waals surface area contributed by atoms with Gasteiger partial charge in [-0.1, -0.05) is 24.3 Å². The standard InChI is InChI=1S/C27H23N3O4/c1-2-34-19-15-13-18(14-16-19)30-24(28-23-11-6-5-10-22(23)27(30)33)12-7-17-29-25(31)20-8-3-4-9-21(20)26(29)32/h3-6,8-11,13-16H,2,7,12,17H2,1H3. The highest BCUT2D eigenvalue weighted by Crippen LogP contribution is 2.23. The van der Waals surface area contributed by atoms with Gasteiger partial charge >= 0.3 is 0 Å². The molecule has 0 spiro atoms. The van der Waals surface area contributed by atoms with Crippen molar-refractivity contribution in [1.29, 1.82) is 0 Å². The van der Waals surface area contributed by atoms with Crippen molar-refractivity contribution in [3.63, 3.8) is 0 Å². The molecule has 4 aromatic rings. The van der Waals surface area contributed by atoms with E-state index >= 15 is 0 Å². The molecular weight excluding hydrogens is 430 g/mol. The van der Waals surface area contributed by atoms with Gasteiger partial charge in [0, 0.05) is 13.0 Å². The molecule has 0 bridgehead atoms. The first kappa shape index (κ1) is 21.6. The normalized spacial score (nSPS) is 12.9. The van der Waals surface area contributed by atoms with Crippen LogP contribution in [0.5, 0.6) is 5.75 Å². The number of amides is 2. The lowest BCUT2D eigenvalue weighted by Crippen LogP contribution is -2.31. The number of aryl methyl sites for hydroxylation is 1. The number of imide groups is 1. The van der Waals surface area contributed by atoms with E-state index in [9.17, 15) is 14.4 Å². The molecule has 0 N–H and O–H groups in total. The molecule has 2 heterocycles. The highest BCUT2D eigenvalue weighted by molar-refractivity contribution is 6.21. The summed E-state index contributed by atoms with van der Waals surface area (Å²) in [6.45, 7) is 2.72. The highest BCUT2D eigenvalue weighted by atomic mass is 16.5. The topological polar surface area (TPSA) is 81.5 Å². The van der Waals surface area contributed by atoms with Crippen LogP contribution in [0.25, 0.3) is 16.6 Å². The average Bonchev–Trinajstić information content (AvgIpc) is 3.10. The molecule has 2 amide bonds. The van der Waals surface area contributed by atoms with E-state index in [-0.39, 0.29) is 23.9 Å². The van der Waals surface area contributed by atoms with Crippen molar-refractivity contribution in [2.45, 2.75) is 19.8 Å². The predicted molar refractivity (Wildman–Crippen MR) is 129 cm³/mol. The van der Waals surface area contributed by atoms with Crippen LogP contribution in [-0.4, -0.2) is 39.4 Å². The summed E-state index contributed by atoms with van der Waals surface area (Å²) in [5, 5.41) is 0.528. The number of nitrogens with zero attached hydrogens (tertiary/aromatic N) is 3. The summed E-state index contributed by atoms with van der Waals surface area (Å²) in [5.41, 5.74) is 2.00. The zero-order chi connectivity index (χ0) is 23.7. The van der Waals surface area contributed by atoms with E-state index in [1.807, 2.05) is 49.4 Å². The van der Waals surface area contributed by atoms with Crippen molar-refractivity contribution in [2.24, 2.45) is 0 Å². The maximum Gasteiger partial charge on any atom is 0.265 e. The molecule has 0 atom stereocenters. The van der Waals surface area contributed by atoms with Crippen LogP contribution in [-0.2, 0) is 6.42 Å². The van der Waals surface area contributed by atoms with Gasteiger partial charge in [0.15, 0.2) is 0 Å². The largest absolute Gasteiger partial charge is 0.494 e. The van der Waals surface area contributed by atoms with Gasteiger partial charge in [0.05, 0.1) is 34.3 Å². The average molecular weight is 453 g/mol. The summed E-state index contributed by atoms with van der Waals surface area (Å²) < 4.78 is 7.12. The fourth-order valence-electron chi connectivity index (χ4n) is 4.31. The van der Waals surface area contributed by atoms with E-state index in [2.05, 4.69) is 0 Å². The minimum atomic E-state index is -0.282. The van der Waals surface area contributed by atoms with Crippen LogP contribution >= 0.6 is 0 Å². The second-order valence-electron chi connectivity index (χ2n) is 8.02. The molecule has 5 rings (SSSR count). The molecule has 1 aliphatic heterocycles. The Morgan fingerprint density at radius 3 is 2.15 bits per heavy atom. The van der Waals surface area contributed by atoms with Crippen molar-refractivity contribution in [3.8, 4) is 11.4 Å². The lowest BCUT2D eigenvalue weighted by atomic mass is 10.1. The van der Waals surface area contributed by atoms with E-state index in [0.717, 1.165) is 5.75 Å². The van der Waals surface area contributed by atoms with Crippen molar-refractivity contribution in [1.82, 2.24) is 14.5 Å². The fourth-order valence-corrected chi connectivity index (χ4v) is 4.31. The molecule has 34 heavy (non-hydrogen) atoms. The number of fused-ring (bicyclic) bond motifs is 2. The van der Waals surface area contributed by atoms with Crippen LogP contribution in [0, 0.1) is 0 Å². The Hall–Kier alpha value is -4.26. The van der Waals surface area contributed by atoms with E-state index in [1.54, 1.807) is 34.9 Å². The van der Waals surface area contributed by atoms with E-state index in [4.69, 9.17) is 9.72 Å². The number of hydrogen-bond acceptors (Lipinski definition) is 5. The molecule has 0 radical (unpaired) electrons. The first-order chi connectivity index (χ1) is 16.6. The van der Waals surface area contributed by atoms with Crippen LogP contribution in [0.2, 0.25) is 0 Å². The molecule has 1 aliphatic rings. The third kappa shape index (κ3) is 3.75. The summed E-state index contributed by atoms with van der Waals surface area (Å²) >= 11 is 0. The molecule has 3 aromatic carbocycles. The third-order valence-electron chi connectivity index (χ3n) is 5.91. The van der Waals surface area contributed by atoms with Gasteiger partial charge in [0.1, 0.15) is 11.6 Å². The Balaban J connectivity index is 1.45. The molecule has 0 unspecified atom stereocenters. The molecule has 7 heteroatoms. The number of carbonyl (C=O) groups excluding carboxylic acids is 2. The van der Waals surface area contributed by atoms with Gasteiger partial charge in [0.25, 0.3) is 17.4 Å². The number of para-hydroxylation sites is 1. The SMILES string of the molecule is CCOc1ccc(-n2c(CCCN3C(=O)c4ccccc4C3=O)nc3ccccc3c2=O)cc1. The quantitative estimate of drug-likeness (QED) is 0.395. The van der Waals surface area contributed by atoms with Crippen molar-refractivity contribution >= 4 is 22.7 Å². The molecule has 0 aliphatic carbocycles. The number of rotatable bonds is 7. The molecule has 170 valence electrons. The van der Waals surface area contributed by atoms with Crippen molar-refractivity contribution < 1.29 is 14.3 Å². The predicted octanol–water partition coefficient (Wildman–Crippen LogP) is 4.01. The van der Waals surface area contributed by atoms with Crippen LogP contribution in [0.1, 0.15) is 39.9 Å². The fraction of sp³-hybridized carbons (Fsp3) is 0.185. The first-order valence-electron chi connectivity index (χ1n) is 11.3. The summed E-state index contributed by atoms with van der Waals surface area (Å²) in [4.78, 5) is 44.8. The molecule has 1 aromatic heterocycles. The Bertz CT molecular complexity index is 1420. The van der Waals surface area contributed by atoms with Gasteiger partial charge in [-0.25, -0.2) is 4.98 Å². The van der Waals surface area contributed by atoms with Crippen molar-refractivity contribution in [2.75, 3.05) is 13.2 Å². The molecule has 0 fully saturated rings. The molecule has 0 saturated carbocycles. The van der Waals surface area contributed by atoms with Crippen LogP contribution in [0.4, 0.5) is 0 Å². The zero-order valence-electron chi connectivity index (χ0n) is 18.7. The molecular formula is C27H23N3O4. The Morgan fingerprint density at radius 2 is 1.47 bits per heavy atom. The second-order valence-corrected chi connectivity index (χ2v) is 8.02. The highest BCUT2D eigenvalue weighted by Gasteiger charge is 2.34. The number of benzene rings is 3. The van der Waals surface area contributed by atoms with Gasteiger partial charge in [-0.3, -0.25) is 23.9 Å². The van der Waals surface area contributed by atoms with E-state index in [1.165, 1.54) is 4.90 Å². The monoisotopic (exact) mass is 453 g/mol. The van der Waals surface area contributed by atoms with Crippen LogP contribution < -0.4 is 10.3 Å². The Morgan fingerprint density at radius 1 is 0.824 bits per heavy atom. The minimum Gasteiger partial charge on any atom is -0.494 e. The number of aromatic nitrogens is 2. The lowest BCUT2D eigenvalue weighted by Gasteiger charge is -2.16. The van der Waals surface area contributed by atoms with Gasteiger partial charge in [-0.05, 0) is 61.9 Å². The van der Waals surface area contributed by atoms with Gasteiger partial charge < -0.3 is 4.74 Å². The van der Waals surface area contributed by atoms with Gasteiger partial charge in [-0.2, -0.15) is 0 Å². The zero-order valence-corrected chi connectivity index (χ0v) is 18.7. The number of ether oxygens (including phenoxy) is 1. The number of hydrogen-bond donors (Lipinski definition) is 0. The lowest BCUT2D eigenvalue weighted by molar-refractivity contribution is 0.0652. The van der Waals surface area contributed by atoms with Gasteiger partial charge in [0.2, 0.25) is 0 Å². The van der Waals surface area contributed by atoms with Crippen LogP contribution in [0.15, 0.2) is 77.6 Å². The van der Waals surface area contributed by atoms with Crippen molar-refractivity contribution in [3.05, 3.63) is 100 Å². The summed E-state index contributed by atoms with van der Waals surface area (Å²) in [5.74, 6) is 0.733. The maximum atomic E-state index is 13.4. The smallest absolute Gasteiger partial charge is 0.265 e. The number of carbonyl (C=O) groups is 2. The maximum absolute atomic E-state index is 13.4. The Labute approximate surface area is 196 Å². The molecule has 7 nitrogen and oxygen atoms in total. The first-order valence-corrected chi connectivity index (χ1v) is 11.3. The molecule has 0 saturated heterocycles.